The van der Waals surface area contributed by atoms with Crippen LogP contribution < -0.4 is 0 Å². The molecule has 0 N–H and O–H groups in total. The zero-order chi connectivity index (χ0) is 14.7. The SMILES string of the molecule is CCN(C)C(=O)c1ccc(-n2cncn2)c([N+](=O)[O-])c1. The molecule has 0 saturated carbocycles. The molecule has 0 unspecified atom stereocenters. The molecule has 0 aliphatic heterocycles. The van der Waals surface area contributed by atoms with E-state index in [4.69, 9.17) is 0 Å². The molecule has 0 spiro atoms. The smallest absolute Gasteiger partial charge is 0.295 e. The minimum Gasteiger partial charge on any atom is -0.342 e. The quantitative estimate of drug-likeness (QED) is 0.618. The number of rotatable bonds is 4. The van der Waals surface area contributed by atoms with E-state index in [1.807, 2.05) is 6.92 Å². The molecule has 2 aromatic rings. The second-order valence-electron chi connectivity index (χ2n) is 4.12. The third kappa shape index (κ3) is 2.48. The van der Waals surface area contributed by atoms with Crippen molar-refractivity contribution in [2.45, 2.75) is 6.92 Å². The molecule has 8 heteroatoms. The van der Waals surface area contributed by atoms with Gasteiger partial charge in [0, 0.05) is 25.2 Å². The average Bonchev–Trinajstić information content (AvgIpc) is 2.99. The van der Waals surface area contributed by atoms with E-state index in [0.29, 0.717) is 6.54 Å². The lowest BCUT2D eigenvalue weighted by Gasteiger charge is -2.14. The van der Waals surface area contributed by atoms with Gasteiger partial charge in [-0.1, -0.05) is 0 Å². The molecule has 0 saturated heterocycles. The summed E-state index contributed by atoms with van der Waals surface area (Å²) in [4.78, 5) is 27.9. The third-order valence-electron chi connectivity index (χ3n) is 2.91. The number of amides is 1. The lowest BCUT2D eigenvalue weighted by atomic mass is 10.1. The molecule has 104 valence electrons. The summed E-state index contributed by atoms with van der Waals surface area (Å²) in [5.74, 6) is -0.263. The van der Waals surface area contributed by atoms with Crippen LogP contribution in [0.2, 0.25) is 0 Å². The Morgan fingerprint density at radius 3 is 2.80 bits per heavy atom. The van der Waals surface area contributed by atoms with Crippen molar-refractivity contribution < 1.29 is 9.72 Å². The van der Waals surface area contributed by atoms with E-state index in [-0.39, 0.29) is 22.8 Å². The molecule has 1 aromatic heterocycles. The summed E-state index contributed by atoms with van der Waals surface area (Å²) in [6, 6.07) is 4.29. The van der Waals surface area contributed by atoms with Gasteiger partial charge in [-0.2, -0.15) is 5.10 Å². The fraction of sp³-hybridized carbons (Fsp3) is 0.250. The number of carbonyl (C=O) groups is 1. The van der Waals surface area contributed by atoms with Crippen LogP contribution in [0.15, 0.2) is 30.9 Å². The first-order valence-electron chi connectivity index (χ1n) is 5.93. The van der Waals surface area contributed by atoms with Gasteiger partial charge in [-0.15, -0.1) is 0 Å². The number of hydrogen-bond acceptors (Lipinski definition) is 5. The molecular weight excluding hydrogens is 262 g/mol. The van der Waals surface area contributed by atoms with E-state index in [1.165, 1.54) is 34.4 Å². The summed E-state index contributed by atoms with van der Waals surface area (Å²) >= 11 is 0. The van der Waals surface area contributed by atoms with Crippen LogP contribution in [0.3, 0.4) is 0 Å². The van der Waals surface area contributed by atoms with Crippen LogP contribution in [0, 0.1) is 10.1 Å². The summed E-state index contributed by atoms with van der Waals surface area (Å²) in [7, 11) is 1.64. The van der Waals surface area contributed by atoms with Crippen molar-refractivity contribution in [1.29, 1.82) is 0 Å². The predicted octanol–water partition coefficient (Wildman–Crippen LogP) is 1.27. The van der Waals surface area contributed by atoms with E-state index in [2.05, 4.69) is 10.1 Å². The van der Waals surface area contributed by atoms with E-state index in [9.17, 15) is 14.9 Å². The molecule has 1 heterocycles. The summed E-state index contributed by atoms with van der Waals surface area (Å²) in [5, 5.41) is 15.0. The molecule has 0 aliphatic carbocycles. The van der Waals surface area contributed by atoms with Crippen LogP contribution in [0.4, 0.5) is 5.69 Å². The van der Waals surface area contributed by atoms with Crippen molar-refractivity contribution in [2.24, 2.45) is 0 Å². The highest BCUT2D eigenvalue weighted by Crippen LogP contribution is 2.24. The molecule has 1 amide bonds. The average molecular weight is 275 g/mol. The third-order valence-corrected chi connectivity index (χ3v) is 2.91. The first kappa shape index (κ1) is 13.7. The number of nitro groups is 1. The topological polar surface area (TPSA) is 94.2 Å². The zero-order valence-electron chi connectivity index (χ0n) is 11.1. The predicted molar refractivity (Wildman–Crippen MR) is 70.6 cm³/mol. The number of nitro benzene ring substituents is 1. The maximum Gasteiger partial charge on any atom is 0.295 e. The number of aromatic nitrogens is 3. The van der Waals surface area contributed by atoms with E-state index in [1.54, 1.807) is 13.1 Å². The lowest BCUT2D eigenvalue weighted by Crippen LogP contribution is -2.26. The van der Waals surface area contributed by atoms with Crippen molar-refractivity contribution in [3.05, 3.63) is 46.5 Å². The highest BCUT2D eigenvalue weighted by atomic mass is 16.6. The fourth-order valence-electron chi connectivity index (χ4n) is 1.69. The molecule has 2 rings (SSSR count). The van der Waals surface area contributed by atoms with E-state index >= 15 is 0 Å². The van der Waals surface area contributed by atoms with Gasteiger partial charge in [0.25, 0.3) is 11.6 Å². The highest BCUT2D eigenvalue weighted by Gasteiger charge is 2.20. The summed E-state index contributed by atoms with van der Waals surface area (Å²) < 4.78 is 1.29. The monoisotopic (exact) mass is 275 g/mol. The van der Waals surface area contributed by atoms with E-state index in [0.717, 1.165) is 0 Å². The molecule has 0 aliphatic rings. The zero-order valence-corrected chi connectivity index (χ0v) is 11.1. The van der Waals surface area contributed by atoms with Gasteiger partial charge in [0.05, 0.1) is 4.92 Å². The molecule has 20 heavy (non-hydrogen) atoms. The molecule has 0 fully saturated rings. The standard InChI is InChI=1S/C12H13N5O3/c1-3-15(2)12(18)9-4-5-10(11(6-9)17(19)20)16-8-13-7-14-16/h4-8H,3H2,1-2H3. The van der Waals surface area contributed by atoms with Crippen molar-refractivity contribution >= 4 is 11.6 Å². The van der Waals surface area contributed by atoms with Gasteiger partial charge in [0.15, 0.2) is 0 Å². The first-order chi connectivity index (χ1) is 9.54. The molecular formula is C12H13N5O3. The Balaban J connectivity index is 2.49. The Kier molecular flexibility index (Phi) is 3.74. The Labute approximate surface area is 114 Å². The minimum absolute atomic E-state index is 0.189. The summed E-state index contributed by atoms with van der Waals surface area (Å²) in [6.07, 6.45) is 2.65. The number of benzene rings is 1. The summed E-state index contributed by atoms with van der Waals surface area (Å²) in [6.45, 7) is 2.35. The van der Waals surface area contributed by atoms with Gasteiger partial charge < -0.3 is 4.90 Å². The lowest BCUT2D eigenvalue weighted by molar-refractivity contribution is -0.384. The van der Waals surface area contributed by atoms with Crippen LogP contribution in [-0.2, 0) is 0 Å². The van der Waals surface area contributed by atoms with Gasteiger partial charge in [-0.05, 0) is 19.1 Å². The number of nitrogens with zero attached hydrogens (tertiary/aromatic N) is 5. The Morgan fingerprint density at radius 1 is 1.50 bits per heavy atom. The van der Waals surface area contributed by atoms with Gasteiger partial charge in [0.1, 0.15) is 18.3 Å². The first-order valence-corrected chi connectivity index (χ1v) is 5.93. The maximum atomic E-state index is 12.0. The van der Waals surface area contributed by atoms with Crippen molar-refractivity contribution in [2.75, 3.05) is 13.6 Å². The maximum absolute atomic E-state index is 12.0. The van der Waals surface area contributed by atoms with Gasteiger partial charge in [-0.25, -0.2) is 9.67 Å². The van der Waals surface area contributed by atoms with Crippen LogP contribution in [0.5, 0.6) is 0 Å². The van der Waals surface area contributed by atoms with Gasteiger partial charge >= 0.3 is 0 Å². The molecule has 1 aromatic carbocycles. The molecule has 0 radical (unpaired) electrons. The normalized spacial score (nSPS) is 10.3. The van der Waals surface area contributed by atoms with Crippen LogP contribution in [0.1, 0.15) is 17.3 Å². The number of hydrogen-bond donors (Lipinski definition) is 0. The van der Waals surface area contributed by atoms with Crippen LogP contribution in [-0.4, -0.2) is 44.1 Å². The minimum atomic E-state index is -0.542. The highest BCUT2D eigenvalue weighted by molar-refractivity contribution is 5.95. The Morgan fingerprint density at radius 2 is 2.25 bits per heavy atom. The van der Waals surface area contributed by atoms with Crippen molar-refractivity contribution in [3.8, 4) is 5.69 Å². The van der Waals surface area contributed by atoms with Crippen LogP contribution in [0.25, 0.3) is 5.69 Å². The van der Waals surface area contributed by atoms with Gasteiger partial charge in [-0.3, -0.25) is 14.9 Å². The fourth-order valence-corrected chi connectivity index (χ4v) is 1.69. The Bertz CT molecular complexity index is 639. The van der Waals surface area contributed by atoms with Crippen LogP contribution >= 0.6 is 0 Å². The van der Waals surface area contributed by atoms with Crippen molar-refractivity contribution in [3.63, 3.8) is 0 Å². The van der Waals surface area contributed by atoms with Crippen molar-refractivity contribution in [1.82, 2.24) is 19.7 Å². The summed E-state index contributed by atoms with van der Waals surface area (Å²) in [5.41, 5.74) is 0.346. The molecule has 0 bridgehead atoms. The number of carbonyl (C=O) groups excluding carboxylic acids is 1. The largest absolute Gasteiger partial charge is 0.342 e. The molecule has 0 atom stereocenters. The van der Waals surface area contributed by atoms with E-state index < -0.39 is 4.92 Å². The second-order valence-corrected chi connectivity index (χ2v) is 4.12. The molecule has 8 nitrogen and oxygen atoms in total. The van der Waals surface area contributed by atoms with Gasteiger partial charge in [0.2, 0.25) is 0 Å². The second kappa shape index (κ2) is 5.47. The Hall–Kier alpha value is -2.77.